The molecule has 0 saturated carbocycles. The summed E-state index contributed by atoms with van der Waals surface area (Å²) in [6.07, 6.45) is 0.873. The summed E-state index contributed by atoms with van der Waals surface area (Å²) in [5.74, 6) is -0.558. The molecule has 1 N–H and O–H groups in total. The Morgan fingerprint density at radius 1 is 1.14 bits per heavy atom. The van der Waals surface area contributed by atoms with Crippen molar-refractivity contribution in [2.24, 2.45) is 5.92 Å². The van der Waals surface area contributed by atoms with Crippen LogP contribution in [0.1, 0.15) is 27.2 Å². The van der Waals surface area contributed by atoms with E-state index in [0.717, 1.165) is 6.42 Å². The van der Waals surface area contributed by atoms with Gasteiger partial charge in [0.2, 0.25) is 0 Å². The fraction of sp³-hybridized carbons (Fsp3) is 0.500. The molecule has 0 spiro atoms. The van der Waals surface area contributed by atoms with Crippen molar-refractivity contribution in [1.82, 2.24) is 4.90 Å². The summed E-state index contributed by atoms with van der Waals surface area (Å²) in [5.41, 5.74) is 0.591. The van der Waals surface area contributed by atoms with Crippen LogP contribution in [-0.2, 0) is 4.79 Å². The number of carboxylic acid groups (broad SMARTS) is 1. The van der Waals surface area contributed by atoms with Crippen LogP contribution >= 0.6 is 0 Å². The first kappa shape index (κ1) is 17.0. The lowest BCUT2D eigenvalue weighted by Crippen LogP contribution is -2.47. The third-order valence-electron chi connectivity index (χ3n) is 3.37. The number of urea groups is 1. The van der Waals surface area contributed by atoms with Gasteiger partial charge in [-0.3, -0.25) is 9.69 Å². The van der Waals surface area contributed by atoms with Crippen LogP contribution in [0.25, 0.3) is 0 Å². The molecule has 21 heavy (non-hydrogen) atoms. The van der Waals surface area contributed by atoms with E-state index in [1.807, 2.05) is 13.0 Å². The zero-order chi connectivity index (χ0) is 16.0. The quantitative estimate of drug-likeness (QED) is 0.876. The molecule has 116 valence electrons. The van der Waals surface area contributed by atoms with Gasteiger partial charge in [0.1, 0.15) is 6.54 Å². The zero-order valence-corrected chi connectivity index (χ0v) is 13.1. The number of amides is 2. The lowest BCUT2D eigenvalue weighted by atomic mass is 10.0. The number of carbonyl (C=O) groups is 2. The molecular weight excluding hydrogens is 268 g/mol. The van der Waals surface area contributed by atoms with E-state index in [2.05, 4.69) is 13.8 Å². The molecule has 5 heteroatoms. The van der Waals surface area contributed by atoms with E-state index in [9.17, 15) is 9.59 Å². The van der Waals surface area contributed by atoms with Gasteiger partial charge in [-0.05, 0) is 31.4 Å². The van der Waals surface area contributed by atoms with Crippen molar-refractivity contribution in [1.29, 1.82) is 0 Å². The van der Waals surface area contributed by atoms with Crippen LogP contribution < -0.4 is 4.90 Å². The van der Waals surface area contributed by atoms with Crippen LogP contribution in [0.3, 0.4) is 0 Å². The minimum absolute atomic E-state index is 0.0532. The summed E-state index contributed by atoms with van der Waals surface area (Å²) in [4.78, 5) is 26.5. The Labute approximate surface area is 126 Å². The standard InChI is InChI=1S/C16H24N2O3/c1-12(2)10-13(3)17(4)16(21)18(11-15(19)20)14-8-6-5-7-9-14/h5-9,12-13H,10-11H2,1-4H3,(H,19,20). The van der Waals surface area contributed by atoms with Crippen LogP contribution in [0.2, 0.25) is 0 Å². The van der Waals surface area contributed by atoms with Crippen molar-refractivity contribution in [3.63, 3.8) is 0 Å². The Balaban J connectivity index is 2.93. The maximum Gasteiger partial charge on any atom is 0.325 e. The highest BCUT2D eigenvalue weighted by Gasteiger charge is 2.25. The molecule has 0 bridgehead atoms. The topological polar surface area (TPSA) is 60.9 Å². The number of hydrogen-bond acceptors (Lipinski definition) is 2. The first-order valence-corrected chi connectivity index (χ1v) is 7.14. The zero-order valence-electron chi connectivity index (χ0n) is 13.1. The van der Waals surface area contributed by atoms with Crippen molar-refractivity contribution in [2.75, 3.05) is 18.5 Å². The molecule has 1 unspecified atom stereocenters. The van der Waals surface area contributed by atoms with Crippen LogP contribution in [0, 0.1) is 5.92 Å². The highest BCUT2D eigenvalue weighted by atomic mass is 16.4. The van der Waals surface area contributed by atoms with Crippen LogP contribution in [0.4, 0.5) is 10.5 Å². The van der Waals surface area contributed by atoms with Crippen molar-refractivity contribution in [2.45, 2.75) is 33.2 Å². The van der Waals surface area contributed by atoms with E-state index in [4.69, 9.17) is 5.11 Å². The summed E-state index contributed by atoms with van der Waals surface area (Å²) in [6, 6.07) is 8.64. The van der Waals surface area contributed by atoms with Gasteiger partial charge in [0, 0.05) is 18.8 Å². The number of hydrogen-bond donors (Lipinski definition) is 1. The van der Waals surface area contributed by atoms with Crippen LogP contribution in [0.5, 0.6) is 0 Å². The van der Waals surface area contributed by atoms with E-state index < -0.39 is 5.97 Å². The van der Waals surface area contributed by atoms with Crippen molar-refractivity contribution in [3.8, 4) is 0 Å². The number of anilines is 1. The summed E-state index contributed by atoms with van der Waals surface area (Å²) in [5, 5.41) is 9.05. The molecule has 0 aliphatic rings. The van der Waals surface area contributed by atoms with Gasteiger partial charge in [-0.25, -0.2) is 4.79 Å². The van der Waals surface area contributed by atoms with E-state index in [0.29, 0.717) is 11.6 Å². The molecule has 0 aliphatic carbocycles. The number of carboxylic acids is 1. The molecule has 0 saturated heterocycles. The first-order valence-electron chi connectivity index (χ1n) is 7.14. The first-order chi connectivity index (χ1) is 9.82. The molecule has 0 radical (unpaired) electrons. The summed E-state index contributed by atoms with van der Waals surface area (Å²) >= 11 is 0. The highest BCUT2D eigenvalue weighted by molar-refractivity contribution is 5.96. The van der Waals surface area contributed by atoms with Gasteiger partial charge in [-0.1, -0.05) is 32.0 Å². The molecule has 5 nitrogen and oxygen atoms in total. The van der Waals surface area contributed by atoms with Crippen LogP contribution in [0.15, 0.2) is 30.3 Å². The third kappa shape index (κ3) is 5.10. The van der Waals surface area contributed by atoms with Gasteiger partial charge in [0.25, 0.3) is 0 Å². The number of para-hydroxylation sites is 1. The molecular formula is C16H24N2O3. The van der Waals surface area contributed by atoms with Gasteiger partial charge in [0.15, 0.2) is 0 Å². The van der Waals surface area contributed by atoms with Gasteiger partial charge >= 0.3 is 12.0 Å². The Kier molecular flexibility index (Phi) is 6.21. The highest BCUT2D eigenvalue weighted by Crippen LogP contribution is 2.17. The number of nitrogens with zero attached hydrogens (tertiary/aromatic N) is 2. The monoisotopic (exact) mass is 292 g/mol. The number of benzene rings is 1. The summed E-state index contributed by atoms with van der Waals surface area (Å²) < 4.78 is 0. The van der Waals surface area contributed by atoms with Crippen molar-refractivity contribution < 1.29 is 14.7 Å². The second-order valence-corrected chi connectivity index (χ2v) is 5.69. The molecule has 1 atom stereocenters. The molecule has 0 fully saturated rings. The predicted molar refractivity (Wildman–Crippen MR) is 83.5 cm³/mol. The fourth-order valence-electron chi connectivity index (χ4n) is 2.23. The normalized spacial score (nSPS) is 12.0. The Hall–Kier alpha value is -2.04. The fourth-order valence-corrected chi connectivity index (χ4v) is 2.23. The second-order valence-electron chi connectivity index (χ2n) is 5.69. The Morgan fingerprint density at radius 3 is 2.19 bits per heavy atom. The molecule has 1 rings (SSSR count). The smallest absolute Gasteiger partial charge is 0.325 e. The molecule has 0 aromatic heterocycles. The maximum absolute atomic E-state index is 12.6. The molecule has 2 amide bonds. The third-order valence-corrected chi connectivity index (χ3v) is 3.37. The average molecular weight is 292 g/mol. The lowest BCUT2D eigenvalue weighted by Gasteiger charge is -2.32. The van der Waals surface area contributed by atoms with E-state index in [-0.39, 0.29) is 18.6 Å². The van der Waals surface area contributed by atoms with Crippen molar-refractivity contribution >= 4 is 17.7 Å². The molecule has 0 aliphatic heterocycles. The second kappa shape index (κ2) is 7.67. The summed E-state index contributed by atoms with van der Waals surface area (Å²) in [6.45, 7) is 5.82. The Bertz CT molecular complexity index is 474. The van der Waals surface area contributed by atoms with Crippen LogP contribution in [-0.4, -0.2) is 41.6 Å². The average Bonchev–Trinajstić information content (AvgIpc) is 2.43. The Morgan fingerprint density at radius 2 is 1.71 bits per heavy atom. The lowest BCUT2D eigenvalue weighted by molar-refractivity contribution is -0.135. The van der Waals surface area contributed by atoms with Gasteiger partial charge in [-0.2, -0.15) is 0 Å². The predicted octanol–water partition coefficient (Wildman–Crippen LogP) is 3.06. The molecule has 1 aromatic carbocycles. The van der Waals surface area contributed by atoms with E-state index in [1.54, 1.807) is 36.2 Å². The largest absolute Gasteiger partial charge is 0.480 e. The number of carbonyl (C=O) groups excluding carboxylic acids is 1. The number of aliphatic carboxylic acids is 1. The maximum atomic E-state index is 12.6. The van der Waals surface area contributed by atoms with E-state index >= 15 is 0 Å². The van der Waals surface area contributed by atoms with Crippen molar-refractivity contribution in [3.05, 3.63) is 30.3 Å². The molecule has 0 heterocycles. The van der Waals surface area contributed by atoms with Gasteiger partial charge < -0.3 is 10.0 Å². The van der Waals surface area contributed by atoms with E-state index in [1.165, 1.54) is 4.90 Å². The minimum Gasteiger partial charge on any atom is -0.480 e. The van der Waals surface area contributed by atoms with Gasteiger partial charge in [0.05, 0.1) is 0 Å². The number of rotatable bonds is 6. The molecule has 1 aromatic rings. The summed E-state index contributed by atoms with van der Waals surface area (Å²) in [7, 11) is 1.72. The SMILES string of the molecule is CC(C)CC(C)N(C)C(=O)N(CC(=O)O)c1ccccc1. The minimum atomic E-state index is -1.03. The van der Waals surface area contributed by atoms with Gasteiger partial charge in [-0.15, -0.1) is 0 Å².